The molecular weight excluding hydrogens is 392 g/mol. The Labute approximate surface area is 180 Å². The van der Waals surface area contributed by atoms with Crippen LogP contribution < -0.4 is 5.73 Å². The Hall–Kier alpha value is -3.45. The Morgan fingerprint density at radius 2 is 1.52 bits per heavy atom. The van der Waals surface area contributed by atoms with E-state index in [1.807, 2.05) is 42.5 Å². The Kier molecular flexibility index (Phi) is 4.63. The second-order valence-corrected chi connectivity index (χ2v) is 8.34. The van der Waals surface area contributed by atoms with Crippen molar-refractivity contribution < 1.29 is 14.7 Å². The molecule has 7 heteroatoms. The van der Waals surface area contributed by atoms with Crippen LogP contribution >= 0.6 is 0 Å². The molecule has 5 rings (SSSR count). The van der Waals surface area contributed by atoms with Crippen molar-refractivity contribution in [3.63, 3.8) is 0 Å². The molecule has 158 valence electrons. The van der Waals surface area contributed by atoms with Crippen molar-refractivity contribution in [3.8, 4) is 11.1 Å². The highest BCUT2D eigenvalue weighted by Gasteiger charge is 2.50. The minimum Gasteiger partial charge on any atom is -0.384 e. The molecule has 7 nitrogen and oxygen atoms in total. The fourth-order valence-corrected chi connectivity index (χ4v) is 4.05. The number of hydrogen-bond acceptors (Lipinski definition) is 5. The van der Waals surface area contributed by atoms with E-state index in [1.165, 1.54) is 0 Å². The molecule has 3 N–H and O–H groups in total. The van der Waals surface area contributed by atoms with Crippen LogP contribution in [0.1, 0.15) is 23.2 Å². The molecule has 1 saturated heterocycles. The van der Waals surface area contributed by atoms with Crippen LogP contribution in [0.4, 0.5) is 5.82 Å². The van der Waals surface area contributed by atoms with E-state index in [0.717, 1.165) is 22.0 Å². The molecule has 2 aromatic carbocycles. The van der Waals surface area contributed by atoms with E-state index in [0.29, 0.717) is 50.4 Å². The number of aliphatic hydroxyl groups is 1. The van der Waals surface area contributed by atoms with E-state index in [1.54, 1.807) is 15.9 Å². The molecule has 0 atom stereocenters. The molecular formula is C24H24N4O3. The molecule has 3 aromatic rings. The molecule has 2 aliphatic rings. The third-order valence-corrected chi connectivity index (χ3v) is 6.15. The fraction of sp³-hybridized carbons (Fsp3) is 0.292. The van der Waals surface area contributed by atoms with Crippen LogP contribution in [0.2, 0.25) is 0 Å². The summed E-state index contributed by atoms with van der Waals surface area (Å²) in [5.74, 6) is 0.260. The average molecular weight is 416 g/mol. The summed E-state index contributed by atoms with van der Waals surface area (Å²) in [4.78, 5) is 32.9. The largest absolute Gasteiger partial charge is 0.384 e. The molecule has 31 heavy (non-hydrogen) atoms. The summed E-state index contributed by atoms with van der Waals surface area (Å²) >= 11 is 0. The van der Waals surface area contributed by atoms with Gasteiger partial charge in [-0.1, -0.05) is 18.2 Å². The number of nitrogen functional groups attached to an aromatic ring is 1. The van der Waals surface area contributed by atoms with Crippen molar-refractivity contribution in [1.29, 1.82) is 0 Å². The normalized spacial score (nSPS) is 17.6. The van der Waals surface area contributed by atoms with Gasteiger partial charge in [0.2, 0.25) is 0 Å². The van der Waals surface area contributed by atoms with E-state index < -0.39 is 5.60 Å². The Bertz CT molecular complexity index is 1160. The molecule has 2 fully saturated rings. The van der Waals surface area contributed by atoms with E-state index in [-0.39, 0.29) is 11.8 Å². The first-order valence-corrected chi connectivity index (χ1v) is 10.5. The van der Waals surface area contributed by atoms with Crippen LogP contribution in [0.5, 0.6) is 0 Å². The highest BCUT2D eigenvalue weighted by Crippen LogP contribution is 2.37. The second-order valence-electron chi connectivity index (χ2n) is 8.34. The Morgan fingerprint density at radius 1 is 0.871 bits per heavy atom. The molecule has 1 saturated carbocycles. The Morgan fingerprint density at radius 3 is 2.19 bits per heavy atom. The smallest absolute Gasteiger partial charge is 0.254 e. The number of fused-ring (bicyclic) bond motifs is 1. The second kappa shape index (κ2) is 7.35. The van der Waals surface area contributed by atoms with Gasteiger partial charge in [-0.25, -0.2) is 4.98 Å². The van der Waals surface area contributed by atoms with Crippen molar-refractivity contribution in [2.45, 2.75) is 18.4 Å². The van der Waals surface area contributed by atoms with Crippen LogP contribution in [0.25, 0.3) is 22.0 Å². The fourth-order valence-electron chi connectivity index (χ4n) is 4.05. The summed E-state index contributed by atoms with van der Waals surface area (Å²) in [7, 11) is 0. The lowest BCUT2D eigenvalue weighted by atomic mass is 10.0. The van der Waals surface area contributed by atoms with Crippen LogP contribution in [-0.4, -0.2) is 63.5 Å². The zero-order valence-electron chi connectivity index (χ0n) is 17.1. The first-order chi connectivity index (χ1) is 14.9. The molecule has 0 spiro atoms. The lowest BCUT2D eigenvalue weighted by Crippen LogP contribution is -2.53. The van der Waals surface area contributed by atoms with Crippen molar-refractivity contribution in [2.24, 2.45) is 0 Å². The van der Waals surface area contributed by atoms with Crippen LogP contribution in [0.15, 0.2) is 54.6 Å². The molecule has 2 amide bonds. The van der Waals surface area contributed by atoms with Crippen molar-refractivity contribution in [2.75, 3.05) is 31.9 Å². The van der Waals surface area contributed by atoms with Gasteiger partial charge in [0, 0.05) is 37.1 Å². The molecule has 1 aromatic heterocycles. The number of carbonyl (C=O) groups excluding carboxylic acids is 2. The summed E-state index contributed by atoms with van der Waals surface area (Å²) in [6.07, 6.45) is 1.08. The van der Waals surface area contributed by atoms with Gasteiger partial charge in [0.25, 0.3) is 11.8 Å². The highest BCUT2D eigenvalue weighted by atomic mass is 16.3. The number of anilines is 1. The monoisotopic (exact) mass is 416 g/mol. The third kappa shape index (κ3) is 3.72. The van der Waals surface area contributed by atoms with Crippen molar-refractivity contribution in [3.05, 3.63) is 60.2 Å². The lowest BCUT2D eigenvalue weighted by molar-refractivity contribution is -0.143. The topological polar surface area (TPSA) is 99.8 Å². The molecule has 1 aliphatic heterocycles. The maximum atomic E-state index is 12.9. The van der Waals surface area contributed by atoms with Crippen LogP contribution in [0.3, 0.4) is 0 Å². The number of benzene rings is 2. The van der Waals surface area contributed by atoms with E-state index in [2.05, 4.69) is 11.1 Å². The van der Waals surface area contributed by atoms with Gasteiger partial charge < -0.3 is 20.6 Å². The van der Waals surface area contributed by atoms with Gasteiger partial charge >= 0.3 is 0 Å². The predicted molar refractivity (Wildman–Crippen MR) is 118 cm³/mol. The molecule has 0 radical (unpaired) electrons. The minimum absolute atomic E-state index is 0.0398. The number of piperazine rings is 1. The highest BCUT2D eigenvalue weighted by molar-refractivity contribution is 5.95. The van der Waals surface area contributed by atoms with Crippen molar-refractivity contribution in [1.82, 2.24) is 14.8 Å². The lowest BCUT2D eigenvalue weighted by Gasteiger charge is -2.35. The molecule has 0 unspecified atom stereocenters. The Balaban J connectivity index is 1.26. The minimum atomic E-state index is -1.15. The number of nitrogens with two attached hydrogens (primary N) is 1. The maximum Gasteiger partial charge on any atom is 0.254 e. The number of carbonyl (C=O) groups is 2. The predicted octanol–water partition coefficient (Wildman–Crippen LogP) is 2.29. The van der Waals surface area contributed by atoms with Gasteiger partial charge in [-0.2, -0.15) is 0 Å². The summed E-state index contributed by atoms with van der Waals surface area (Å²) in [5, 5.41) is 11.0. The van der Waals surface area contributed by atoms with Gasteiger partial charge in [-0.3, -0.25) is 9.59 Å². The third-order valence-electron chi connectivity index (χ3n) is 6.15. The number of nitrogens with zero attached hydrogens (tertiary/aromatic N) is 3. The van der Waals surface area contributed by atoms with E-state index in [4.69, 9.17) is 5.73 Å². The SMILES string of the molecule is Nc1ccc2cc(-c3ccc(C(=O)N4CCN(C(=O)C5(O)CC5)CC4)cc3)ccc2n1. The van der Waals surface area contributed by atoms with E-state index in [9.17, 15) is 14.7 Å². The number of rotatable bonds is 3. The summed E-state index contributed by atoms with van der Waals surface area (Å²) < 4.78 is 0. The summed E-state index contributed by atoms with van der Waals surface area (Å²) in [5.41, 5.74) is 8.14. The van der Waals surface area contributed by atoms with E-state index >= 15 is 0 Å². The average Bonchev–Trinajstić information content (AvgIpc) is 3.56. The van der Waals surface area contributed by atoms with Gasteiger partial charge in [-0.05, 0) is 60.4 Å². The maximum absolute atomic E-state index is 12.9. The quantitative estimate of drug-likeness (QED) is 0.682. The molecule has 2 heterocycles. The standard InChI is InChI=1S/C24H24N4O3/c25-21-8-6-19-15-18(5-7-20(19)26-21)16-1-3-17(4-2-16)22(29)27-11-13-28(14-12-27)23(30)24(31)9-10-24/h1-8,15,31H,9-14H2,(H2,25,26). The number of pyridine rings is 1. The first kappa shape index (κ1) is 19.5. The first-order valence-electron chi connectivity index (χ1n) is 10.5. The molecule has 0 bridgehead atoms. The summed E-state index contributed by atoms with van der Waals surface area (Å²) in [6, 6.07) is 17.3. The number of hydrogen-bond donors (Lipinski definition) is 2. The summed E-state index contributed by atoms with van der Waals surface area (Å²) in [6.45, 7) is 1.87. The van der Waals surface area contributed by atoms with Gasteiger partial charge in [0.15, 0.2) is 0 Å². The number of amides is 2. The van der Waals surface area contributed by atoms with Gasteiger partial charge in [0.1, 0.15) is 11.4 Å². The molecule has 1 aliphatic carbocycles. The number of aromatic nitrogens is 1. The van der Waals surface area contributed by atoms with Gasteiger partial charge in [0.05, 0.1) is 5.52 Å². The van der Waals surface area contributed by atoms with Crippen molar-refractivity contribution >= 4 is 28.5 Å². The van der Waals surface area contributed by atoms with Crippen LogP contribution in [-0.2, 0) is 4.79 Å². The zero-order chi connectivity index (χ0) is 21.6. The van der Waals surface area contributed by atoms with Gasteiger partial charge in [-0.15, -0.1) is 0 Å². The zero-order valence-corrected chi connectivity index (χ0v) is 17.1. The van der Waals surface area contributed by atoms with Crippen LogP contribution in [0, 0.1) is 0 Å².